The van der Waals surface area contributed by atoms with Gasteiger partial charge in [-0.1, -0.05) is 30.4 Å². The first-order valence-corrected chi connectivity index (χ1v) is 7.08. The molecular weight excluding hydrogens is 301 g/mol. The van der Waals surface area contributed by atoms with Gasteiger partial charge in [0.05, 0.1) is 10.6 Å². The third-order valence-corrected chi connectivity index (χ3v) is 3.69. The van der Waals surface area contributed by atoms with Crippen molar-refractivity contribution in [3.8, 4) is 0 Å². The topological polar surface area (TPSA) is 72.2 Å². The zero-order valence-corrected chi connectivity index (χ0v) is 11.2. The minimum atomic E-state index is -4.46. The van der Waals surface area contributed by atoms with Crippen LogP contribution >= 0.6 is 12.2 Å². The van der Waals surface area contributed by atoms with Crippen molar-refractivity contribution >= 4 is 27.2 Å². The molecule has 0 aromatic heterocycles. The molecule has 1 aromatic carbocycles. The normalized spacial score (nSPS) is 12.4. The van der Waals surface area contributed by atoms with Crippen LogP contribution in [0.1, 0.15) is 11.1 Å². The van der Waals surface area contributed by atoms with E-state index >= 15 is 0 Å². The molecule has 0 heterocycles. The number of rotatable bonds is 5. The molecule has 0 atom stereocenters. The van der Waals surface area contributed by atoms with Crippen molar-refractivity contribution in [3.63, 3.8) is 0 Å². The average molecular weight is 312 g/mol. The maximum Gasteiger partial charge on any atom is 0.416 e. The molecule has 19 heavy (non-hydrogen) atoms. The number of alkyl halides is 3. The van der Waals surface area contributed by atoms with E-state index in [4.69, 9.17) is 5.73 Å². The number of thiocarbonyl (C=S) groups is 1. The molecule has 0 unspecified atom stereocenters. The Morgan fingerprint density at radius 2 is 2.00 bits per heavy atom. The molecule has 0 spiro atoms. The van der Waals surface area contributed by atoms with Crippen molar-refractivity contribution in [2.75, 3.05) is 5.75 Å². The lowest BCUT2D eigenvalue weighted by molar-refractivity contribution is -0.137. The van der Waals surface area contributed by atoms with Crippen molar-refractivity contribution in [2.24, 2.45) is 5.73 Å². The summed E-state index contributed by atoms with van der Waals surface area (Å²) < 4.78 is 62.2. The average Bonchev–Trinajstić information content (AvgIpc) is 2.24. The van der Waals surface area contributed by atoms with E-state index in [1.165, 1.54) is 12.1 Å². The fraction of sp³-hybridized carbons (Fsp3) is 0.300. The Kier molecular flexibility index (Phi) is 4.88. The van der Waals surface area contributed by atoms with Crippen LogP contribution in [-0.2, 0) is 22.7 Å². The summed E-state index contributed by atoms with van der Waals surface area (Å²) in [4.78, 5) is -0.212. The summed E-state index contributed by atoms with van der Waals surface area (Å²) in [5, 5.41) is 0. The Balaban J connectivity index is 2.77. The van der Waals surface area contributed by atoms with E-state index in [0.717, 1.165) is 12.1 Å². The van der Waals surface area contributed by atoms with Crippen molar-refractivity contribution < 1.29 is 21.6 Å². The molecule has 106 valence electrons. The van der Waals surface area contributed by atoms with Gasteiger partial charge in [-0.2, -0.15) is 13.2 Å². The van der Waals surface area contributed by atoms with E-state index in [-0.39, 0.29) is 17.1 Å². The van der Waals surface area contributed by atoms with Crippen LogP contribution in [0.3, 0.4) is 0 Å². The highest BCUT2D eigenvalue weighted by Gasteiger charge is 2.30. The first-order valence-electron chi connectivity index (χ1n) is 5.02. The van der Waals surface area contributed by atoms with Crippen molar-refractivity contribution in [1.82, 2.24) is 4.72 Å². The van der Waals surface area contributed by atoms with Crippen LogP contribution in [0.25, 0.3) is 0 Å². The van der Waals surface area contributed by atoms with Gasteiger partial charge in [0, 0.05) is 6.54 Å². The number of sulfonamides is 1. The molecule has 0 aliphatic carbocycles. The molecule has 4 nitrogen and oxygen atoms in total. The minimum absolute atomic E-state index is 0.196. The molecule has 0 aliphatic heterocycles. The van der Waals surface area contributed by atoms with Crippen molar-refractivity contribution in [1.29, 1.82) is 0 Å². The lowest BCUT2D eigenvalue weighted by atomic mass is 10.1. The summed E-state index contributed by atoms with van der Waals surface area (Å²) in [5.74, 6) is -0.540. The van der Waals surface area contributed by atoms with Gasteiger partial charge in [-0.25, -0.2) is 13.1 Å². The largest absolute Gasteiger partial charge is 0.416 e. The highest BCUT2D eigenvalue weighted by molar-refractivity contribution is 7.92. The van der Waals surface area contributed by atoms with Crippen molar-refractivity contribution in [2.45, 2.75) is 12.7 Å². The molecule has 0 saturated carbocycles. The van der Waals surface area contributed by atoms with Crippen LogP contribution in [0, 0.1) is 0 Å². The van der Waals surface area contributed by atoms with E-state index < -0.39 is 27.5 Å². The summed E-state index contributed by atoms with van der Waals surface area (Å²) in [6, 6.07) is 4.38. The van der Waals surface area contributed by atoms with Crippen LogP contribution in [0.2, 0.25) is 0 Å². The predicted molar refractivity (Wildman–Crippen MR) is 68.9 cm³/mol. The summed E-state index contributed by atoms with van der Waals surface area (Å²) in [6.07, 6.45) is -4.46. The molecule has 1 rings (SSSR count). The molecule has 1 aromatic rings. The predicted octanol–water partition coefficient (Wildman–Crippen LogP) is 1.41. The first-order chi connectivity index (χ1) is 8.60. The van der Waals surface area contributed by atoms with Gasteiger partial charge in [0.15, 0.2) is 0 Å². The molecule has 0 saturated heterocycles. The lowest BCUT2D eigenvalue weighted by Crippen LogP contribution is -2.32. The Hall–Kier alpha value is -1.19. The Bertz CT molecular complexity index is 570. The zero-order chi connectivity index (χ0) is 14.7. The number of benzene rings is 1. The number of halogens is 3. The number of hydrogen-bond donors (Lipinski definition) is 2. The summed E-state index contributed by atoms with van der Waals surface area (Å²) >= 11 is 4.45. The third-order valence-electron chi connectivity index (χ3n) is 2.08. The molecule has 9 heteroatoms. The maximum absolute atomic E-state index is 12.4. The van der Waals surface area contributed by atoms with Gasteiger partial charge in [0.25, 0.3) is 0 Å². The lowest BCUT2D eigenvalue weighted by Gasteiger charge is -2.09. The smallest absolute Gasteiger partial charge is 0.392 e. The summed E-state index contributed by atoms with van der Waals surface area (Å²) in [5.41, 5.74) is 4.45. The second kappa shape index (κ2) is 5.85. The summed E-state index contributed by atoms with van der Waals surface area (Å²) in [6.45, 7) is -0.255. The molecule has 0 fully saturated rings. The van der Waals surface area contributed by atoms with E-state index in [1.807, 2.05) is 0 Å². The third kappa shape index (κ3) is 5.53. The van der Waals surface area contributed by atoms with E-state index in [0.29, 0.717) is 0 Å². The minimum Gasteiger partial charge on any atom is -0.392 e. The number of nitrogens with one attached hydrogen (secondary N) is 1. The fourth-order valence-corrected chi connectivity index (χ4v) is 2.62. The molecule has 0 amide bonds. The van der Waals surface area contributed by atoms with Gasteiger partial charge >= 0.3 is 6.18 Å². The van der Waals surface area contributed by atoms with Crippen LogP contribution in [0.15, 0.2) is 24.3 Å². The van der Waals surface area contributed by atoms with Crippen LogP contribution in [-0.4, -0.2) is 19.2 Å². The van der Waals surface area contributed by atoms with E-state index in [1.54, 1.807) is 0 Å². The quantitative estimate of drug-likeness (QED) is 0.807. The molecule has 0 radical (unpaired) electrons. The molecule has 3 N–H and O–H groups in total. The number of hydrogen-bond acceptors (Lipinski definition) is 3. The SMILES string of the molecule is NC(=S)CS(=O)(=O)NCc1cccc(C(F)(F)F)c1. The Labute approximate surface area is 113 Å². The number of nitrogens with two attached hydrogens (primary N) is 1. The Morgan fingerprint density at radius 3 is 2.53 bits per heavy atom. The van der Waals surface area contributed by atoms with E-state index in [2.05, 4.69) is 16.9 Å². The van der Waals surface area contributed by atoms with Crippen molar-refractivity contribution in [3.05, 3.63) is 35.4 Å². The van der Waals surface area contributed by atoms with Gasteiger partial charge in [0.1, 0.15) is 5.75 Å². The van der Waals surface area contributed by atoms with Crippen LogP contribution < -0.4 is 10.5 Å². The highest BCUT2D eigenvalue weighted by Crippen LogP contribution is 2.29. The van der Waals surface area contributed by atoms with E-state index in [9.17, 15) is 21.6 Å². The monoisotopic (exact) mass is 312 g/mol. The van der Waals surface area contributed by atoms with Gasteiger partial charge in [-0.15, -0.1) is 0 Å². The van der Waals surface area contributed by atoms with Crippen LogP contribution in [0.5, 0.6) is 0 Å². The molecule has 0 aliphatic rings. The van der Waals surface area contributed by atoms with Gasteiger partial charge in [-0.3, -0.25) is 0 Å². The zero-order valence-electron chi connectivity index (χ0n) is 9.57. The summed E-state index contributed by atoms with van der Waals surface area (Å²) in [7, 11) is -3.72. The first kappa shape index (κ1) is 15.9. The van der Waals surface area contributed by atoms with Gasteiger partial charge < -0.3 is 5.73 Å². The van der Waals surface area contributed by atoms with Crippen LogP contribution in [0.4, 0.5) is 13.2 Å². The molecule has 0 bridgehead atoms. The second-order valence-corrected chi connectivity index (χ2v) is 6.08. The maximum atomic E-state index is 12.4. The fourth-order valence-electron chi connectivity index (χ4n) is 1.29. The van der Waals surface area contributed by atoms with Gasteiger partial charge in [0.2, 0.25) is 10.0 Å². The second-order valence-electron chi connectivity index (χ2n) is 3.74. The Morgan fingerprint density at radius 1 is 1.37 bits per heavy atom. The highest BCUT2D eigenvalue weighted by atomic mass is 32.2. The van der Waals surface area contributed by atoms with Gasteiger partial charge in [-0.05, 0) is 11.6 Å². The standard InChI is InChI=1S/C10H11F3N2O2S2/c11-10(12,13)8-3-1-2-7(4-8)5-15-19(16,17)6-9(14)18/h1-4,15H,5-6H2,(H2,14,18). The molecular formula is C10H11F3N2O2S2.